The Bertz CT molecular complexity index is 1690. The number of aryl methyl sites for hydroxylation is 1. The second-order valence-electron chi connectivity index (χ2n) is 13.8. The number of methoxy groups -OCH3 is 2. The van der Waals surface area contributed by atoms with Gasteiger partial charge >= 0.3 is 0 Å². The Morgan fingerprint density at radius 2 is 1.75 bits per heavy atom. The van der Waals surface area contributed by atoms with Gasteiger partial charge in [-0.25, -0.2) is 14.3 Å². The summed E-state index contributed by atoms with van der Waals surface area (Å²) in [7, 11) is -0.598. The number of fused-ring (bicyclic) bond motifs is 1. The molecule has 0 bridgehead atoms. The summed E-state index contributed by atoms with van der Waals surface area (Å²) in [6, 6.07) is 20.4. The first kappa shape index (κ1) is 39.6. The number of ether oxygens (including phenoxy) is 5. The molecule has 0 saturated carbocycles. The van der Waals surface area contributed by atoms with E-state index in [1.54, 1.807) is 38.5 Å². The van der Waals surface area contributed by atoms with Gasteiger partial charge in [0.05, 0.1) is 49.7 Å². The Morgan fingerprint density at radius 3 is 2.46 bits per heavy atom. The van der Waals surface area contributed by atoms with Crippen LogP contribution in [0.3, 0.4) is 0 Å². The van der Waals surface area contributed by atoms with E-state index in [9.17, 15) is 13.2 Å². The fraction of sp³-hybridized carbons (Fsp3) is 0.513. The number of hydrazine groups is 1. The summed E-state index contributed by atoms with van der Waals surface area (Å²) in [6.07, 6.45) is 0.658. The van der Waals surface area contributed by atoms with E-state index in [1.807, 2.05) is 31.2 Å². The number of benzene rings is 3. The Hall–Kier alpha value is -3.56. The number of nitrogens with one attached hydrogen (secondary N) is 1. The van der Waals surface area contributed by atoms with Crippen molar-refractivity contribution in [2.45, 2.75) is 69.3 Å². The summed E-state index contributed by atoms with van der Waals surface area (Å²) in [5, 5.41) is 0. The minimum atomic E-state index is -3.99. The minimum Gasteiger partial charge on any atom is -0.490 e. The quantitative estimate of drug-likeness (QED) is 0.0827. The lowest BCUT2D eigenvalue weighted by atomic mass is 9.83. The third-order valence-electron chi connectivity index (χ3n) is 9.71. The number of rotatable bonds is 18. The number of anilines is 1. The van der Waals surface area contributed by atoms with Crippen LogP contribution in [-0.4, -0.2) is 91.1 Å². The van der Waals surface area contributed by atoms with E-state index >= 15 is 0 Å². The van der Waals surface area contributed by atoms with Crippen LogP contribution in [-0.2, 0) is 47.0 Å². The summed E-state index contributed by atoms with van der Waals surface area (Å²) >= 11 is 0. The molecule has 0 aliphatic carbocycles. The molecule has 2 aliphatic rings. The van der Waals surface area contributed by atoms with Crippen molar-refractivity contribution in [3.05, 3.63) is 89.0 Å². The van der Waals surface area contributed by atoms with Crippen molar-refractivity contribution < 1.29 is 36.9 Å². The molecule has 3 aromatic rings. The molecule has 4 atom stereocenters. The lowest BCUT2D eigenvalue weighted by molar-refractivity contribution is -0.122. The third kappa shape index (κ3) is 10.3. The lowest BCUT2D eigenvalue weighted by Crippen LogP contribution is -2.53. The Labute approximate surface area is 308 Å². The first-order chi connectivity index (χ1) is 25.1. The van der Waals surface area contributed by atoms with Gasteiger partial charge in [-0.05, 0) is 60.7 Å². The molecular formula is C39H54N4O8S. The zero-order valence-electron chi connectivity index (χ0n) is 30.8. The van der Waals surface area contributed by atoms with Crippen molar-refractivity contribution in [3.63, 3.8) is 0 Å². The predicted octanol–water partition coefficient (Wildman–Crippen LogP) is 4.54. The van der Waals surface area contributed by atoms with Gasteiger partial charge in [0, 0.05) is 58.2 Å². The Balaban J connectivity index is 1.42. The molecule has 1 amide bonds. The van der Waals surface area contributed by atoms with E-state index < -0.39 is 28.1 Å². The highest BCUT2D eigenvalue weighted by Crippen LogP contribution is 2.39. The van der Waals surface area contributed by atoms with Crippen LogP contribution in [0.4, 0.5) is 5.69 Å². The number of piperidine rings is 1. The van der Waals surface area contributed by atoms with Crippen LogP contribution in [0.25, 0.3) is 0 Å². The minimum absolute atomic E-state index is 0.0584. The monoisotopic (exact) mass is 738 g/mol. The van der Waals surface area contributed by atoms with E-state index in [-0.39, 0.29) is 36.3 Å². The third-order valence-corrected chi connectivity index (χ3v) is 11.6. The second kappa shape index (κ2) is 19.0. The molecule has 1 unspecified atom stereocenters. The van der Waals surface area contributed by atoms with E-state index in [0.717, 1.165) is 53.2 Å². The van der Waals surface area contributed by atoms with Crippen molar-refractivity contribution in [1.29, 1.82) is 0 Å². The second-order valence-corrected chi connectivity index (χ2v) is 15.7. The van der Waals surface area contributed by atoms with Gasteiger partial charge in [-0.1, -0.05) is 55.0 Å². The first-order valence-corrected chi connectivity index (χ1v) is 19.4. The van der Waals surface area contributed by atoms with Crippen molar-refractivity contribution in [1.82, 2.24) is 9.73 Å². The molecule has 2 heterocycles. The smallest absolute Gasteiger partial charge is 0.243 e. The summed E-state index contributed by atoms with van der Waals surface area (Å²) in [5.41, 5.74) is 7.12. The van der Waals surface area contributed by atoms with Gasteiger partial charge < -0.3 is 28.6 Å². The van der Waals surface area contributed by atoms with Crippen molar-refractivity contribution in [2.75, 3.05) is 65.2 Å². The highest BCUT2D eigenvalue weighted by atomic mass is 32.2. The SMILES string of the molecule is COCCCN1CCOc2ccc(CO[C@H]3CN(S(=O)(=O)c4ccc(C)cc4)[C@@H](CC(=O)NN)C[C@@H]3c3ccc(COCC(C)COC)cc3)cc21. The molecule has 0 aromatic heterocycles. The summed E-state index contributed by atoms with van der Waals surface area (Å²) < 4.78 is 59.0. The zero-order valence-corrected chi connectivity index (χ0v) is 31.6. The van der Waals surface area contributed by atoms with Gasteiger partial charge in [0.15, 0.2) is 0 Å². The summed E-state index contributed by atoms with van der Waals surface area (Å²) in [6.45, 7) is 8.91. The van der Waals surface area contributed by atoms with E-state index in [0.29, 0.717) is 39.5 Å². The van der Waals surface area contributed by atoms with Crippen LogP contribution >= 0.6 is 0 Å². The van der Waals surface area contributed by atoms with Crippen LogP contribution < -0.4 is 20.9 Å². The molecule has 1 fully saturated rings. The molecular weight excluding hydrogens is 685 g/mol. The largest absolute Gasteiger partial charge is 0.490 e. The number of carbonyl (C=O) groups excluding carboxylic acids is 1. The fourth-order valence-corrected chi connectivity index (χ4v) is 8.60. The maximum atomic E-state index is 14.2. The van der Waals surface area contributed by atoms with Crippen molar-refractivity contribution >= 4 is 21.6 Å². The molecule has 1 saturated heterocycles. The van der Waals surface area contributed by atoms with E-state index in [1.165, 1.54) is 4.31 Å². The van der Waals surface area contributed by atoms with E-state index in [2.05, 4.69) is 35.4 Å². The molecule has 0 spiro atoms. The van der Waals surface area contributed by atoms with Gasteiger partial charge in [-0.15, -0.1) is 0 Å². The van der Waals surface area contributed by atoms with Crippen LogP contribution in [0.15, 0.2) is 71.6 Å². The van der Waals surface area contributed by atoms with Gasteiger partial charge in [-0.2, -0.15) is 4.31 Å². The summed E-state index contributed by atoms with van der Waals surface area (Å²) in [4.78, 5) is 15.2. The van der Waals surface area contributed by atoms with Crippen molar-refractivity contribution in [3.8, 4) is 5.75 Å². The molecule has 13 heteroatoms. The molecule has 12 nitrogen and oxygen atoms in total. The molecule has 3 N–H and O–H groups in total. The average molecular weight is 739 g/mol. The normalized spacial score (nSPS) is 19.9. The first-order valence-electron chi connectivity index (χ1n) is 18.0. The Morgan fingerprint density at radius 1 is 1.00 bits per heavy atom. The van der Waals surface area contributed by atoms with Crippen molar-refractivity contribution in [2.24, 2.45) is 11.8 Å². The standard InChI is InChI=1S/C39H54N4O8S/c1-28-6-13-34(14-7-28)52(45,46)43-23-38(51-27-31-10-15-37-36(20-31)42(17-19-50-37)16-5-18-47-3)35(21-33(43)22-39(44)41-40)32-11-8-30(9-12-32)26-49-25-29(2)24-48-4/h6-15,20,29,33,35,38H,5,16-19,21-27,40H2,1-4H3,(H,41,44)/t29?,33-,35-,38+/m1/s1. The number of hydrogen-bond acceptors (Lipinski definition) is 10. The average Bonchev–Trinajstić information content (AvgIpc) is 3.14. The number of hydrogen-bond donors (Lipinski definition) is 2. The molecule has 0 radical (unpaired) electrons. The van der Waals surface area contributed by atoms with Crippen LogP contribution in [0, 0.1) is 12.8 Å². The summed E-state index contributed by atoms with van der Waals surface area (Å²) in [5.74, 6) is 5.98. The molecule has 5 rings (SSSR count). The predicted molar refractivity (Wildman–Crippen MR) is 200 cm³/mol. The fourth-order valence-electron chi connectivity index (χ4n) is 6.95. The van der Waals surface area contributed by atoms with Gasteiger partial charge in [-0.3, -0.25) is 10.2 Å². The van der Waals surface area contributed by atoms with Gasteiger partial charge in [0.2, 0.25) is 15.9 Å². The molecule has 2 aliphatic heterocycles. The molecule has 284 valence electrons. The number of nitrogens with two attached hydrogens (primary N) is 1. The maximum Gasteiger partial charge on any atom is 0.243 e. The van der Waals surface area contributed by atoms with Crippen LogP contribution in [0.1, 0.15) is 54.4 Å². The van der Waals surface area contributed by atoms with Crippen LogP contribution in [0.2, 0.25) is 0 Å². The Kier molecular flexibility index (Phi) is 14.5. The molecule has 52 heavy (non-hydrogen) atoms. The molecule has 3 aromatic carbocycles. The van der Waals surface area contributed by atoms with E-state index in [4.69, 9.17) is 29.5 Å². The highest BCUT2D eigenvalue weighted by Gasteiger charge is 2.43. The van der Waals surface area contributed by atoms with Crippen LogP contribution in [0.5, 0.6) is 5.75 Å². The van der Waals surface area contributed by atoms with Gasteiger partial charge in [0.25, 0.3) is 0 Å². The van der Waals surface area contributed by atoms with Gasteiger partial charge in [0.1, 0.15) is 12.4 Å². The number of amides is 1. The topological polar surface area (TPSA) is 142 Å². The number of sulfonamides is 1. The lowest BCUT2D eigenvalue weighted by Gasteiger charge is -2.43. The number of carbonyl (C=O) groups is 1. The number of nitrogens with zero attached hydrogens (tertiary/aromatic N) is 2. The zero-order chi connectivity index (χ0) is 37.1. The maximum absolute atomic E-state index is 14.2. The highest BCUT2D eigenvalue weighted by molar-refractivity contribution is 7.89.